The minimum atomic E-state index is -3.46. The monoisotopic (exact) mass is 451 g/mol. The zero-order valence-corrected chi connectivity index (χ0v) is 19.1. The van der Waals surface area contributed by atoms with Crippen LogP contribution in [-0.2, 0) is 19.6 Å². The minimum Gasteiger partial charge on any atom is -0.467 e. The second-order valence-electron chi connectivity index (χ2n) is 9.11. The zero-order valence-electron chi connectivity index (χ0n) is 18.3. The summed E-state index contributed by atoms with van der Waals surface area (Å²) in [7, 11) is -3.46. The Morgan fingerprint density at radius 3 is 2.71 bits per heavy atom. The first-order valence-corrected chi connectivity index (χ1v) is 12.9. The first kappa shape index (κ1) is 22.5. The lowest BCUT2D eigenvalue weighted by molar-refractivity contribution is -0.140. The Morgan fingerprint density at radius 1 is 1.19 bits per heavy atom. The highest BCUT2D eigenvalue weighted by molar-refractivity contribution is 7.90. The van der Waals surface area contributed by atoms with Crippen molar-refractivity contribution >= 4 is 15.9 Å². The molecule has 3 aliphatic heterocycles. The maximum Gasteiger partial charge on any atom is 0.260 e. The van der Waals surface area contributed by atoms with E-state index in [9.17, 15) is 13.2 Å². The molecule has 4 heterocycles. The molecule has 172 valence electrons. The van der Waals surface area contributed by atoms with Gasteiger partial charge in [-0.05, 0) is 64.4 Å². The molecule has 1 aromatic heterocycles. The number of ether oxygens (including phenoxy) is 2. The topological polar surface area (TPSA) is 97.8 Å². The third-order valence-corrected chi connectivity index (χ3v) is 8.66. The second-order valence-corrected chi connectivity index (χ2v) is 11.4. The molecule has 5 rings (SSSR count). The van der Waals surface area contributed by atoms with Crippen molar-refractivity contribution in [2.75, 3.05) is 19.8 Å². The van der Waals surface area contributed by atoms with Crippen molar-refractivity contribution in [2.24, 2.45) is 0 Å². The third kappa shape index (κ3) is 5.04. The number of carbonyl (C=O) groups excluding carboxylic acids is 1. The first-order chi connectivity index (χ1) is 14.8. The highest BCUT2D eigenvalue weighted by Gasteiger charge is 2.38. The summed E-state index contributed by atoms with van der Waals surface area (Å²) in [6.45, 7) is 4.11. The molecule has 31 heavy (non-hydrogen) atoms. The summed E-state index contributed by atoms with van der Waals surface area (Å²) >= 11 is 0. The van der Waals surface area contributed by atoms with Gasteiger partial charge in [0.05, 0.1) is 24.0 Å². The van der Waals surface area contributed by atoms with Crippen molar-refractivity contribution in [3.63, 3.8) is 0 Å². The largest absolute Gasteiger partial charge is 0.467 e. The van der Waals surface area contributed by atoms with Crippen LogP contribution in [0.4, 0.5) is 0 Å². The fourth-order valence-corrected chi connectivity index (χ4v) is 5.85. The standard InChI is InChI=1S/C22H33N3O5S/c1-15(2)31(27,28)24-19-6-4-12-25-20(19)13-29-17-9-7-16(8-10-17)18-5-3-11-23-22(18)30-14-21(25)26/h3,5,11,15-17,19-20,24H,4,6-10,12-14H2,1-2H3/t16?,17?,19?,20-/m0/s1. The summed E-state index contributed by atoms with van der Waals surface area (Å²) in [6, 6.07) is 3.24. The molecule has 0 aromatic carbocycles. The summed E-state index contributed by atoms with van der Waals surface area (Å²) in [5.41, 5.74) is 1.06. The van der Waals surface area contributed by atoms with Gasteiger partial charge < -0.3 is 14.4 Å². The number of carbonyl (C=O) groups is 1. The first-order valence-electron chi connectivity index (χ1n) is 11.3. The fourth-order valence-electron chi connectivity index (χ4n) is 4.88. The zero-order chi connectivity index (χ0) is 22.0. The van der Waals surface area contributed by atoms with Gasteiger partial charge >= 0.3 is 0 Å². The van der Waals surface area contributed by atoms with Gasteiger partial charge in [-0.15, -0.1) is 0 Å². The van der Waals surface area contributed by atoms with Gasteiger partial charge in [-0.3, -0.25) is 4.79 Å². The number of nitrogens with one attached hydrogen (secondary N) is 1. The molecular weight excluding hydrogens is 418 g/mol. The number of nitrogens with zero attached hydrogens (tertiary/aromatic N) is 2. The number of pyridine rings is 1. The van der Waals surface area contributed by atoms with E-state index in [0.29, 0.717) is 31.4 Å². The van der Waals surface area contributed by atoms with Crippen molar-refractivity contribution in [2.45, 2.75) is 81.7 Å². The Kier molecular flexibility index (Phi) is 6.83. The number of fused-ring (bicyclic) bond motifs is 5. The van der Waals surface area contributed by atoms with E-state index in [-0.39, 0.29) is 30.7 Å². The van der Waals surface area contributed by atoms with Crippen molar-refractivity contribution in [3.05, 3.63) is 23.9 Å². The van der Waals surface area contributed by atoms with Crippen LogP contribution in [0.25, 0.3) is 0 Å². The molecule has 8 nitrogen and oxygen atoms in total. The molecule has 0 spiro atoms. The van der Waals surface area contributed by atoms with E-state index in [1.165, 1.54) is 0 Å². The van der Waals surface area contributed by atoms with E-state index in [2.05, 4.69) is 9.71 Å². The van der Waals surface area contributed by atoms with Crippen LogP contribution in [0.5, 0.6) is 5.88 Å². The van der Waals surface area contributed by atoms with Crippen molar-refractivity contribution in [1.82, 2.24) is 14.6 Å². The van der Waals surface area contributed by atoms with Gasteiger partial charge in [0.2, 0.25) is 15.9 Å². The summed E-state index contributed by atoms with van der Waals surface area (Å²) < 4.78 is 40.1. The van der Waals surface area contributed by atoms with Gasteiger partial charge in [0.1, 0.15) is 0 Å². The van der Waals surface area contributed by atoms with E-state index >= 15 is 0 Å². The molecule has 2 atom stereocenters. The lowest BCUT2D eigenvalue weighted by Gasteiger charge is -2.42. The molecule has 1 N–H and O–H groups in total. The minimum absolute atomic E-state index is 0.111. The molecule has 9 heteroatoms. The van der Waals surface area contributed by atoms with Crippen LogP contribution in [0, 0.1) is 0 Å². The lowest BCUT2D eigenvalue weighted by atomic mass is 9.83. The van der Waals surface area contributed by atoms with Gasteiger partial charge in [-0.1, -0.05) is 6.07 Å². The molecule has 1 unspecified atom stereocenters. The maximum atomic E-state index is 13.1. The molecule has 1 saturated carbocycles. The summed E-state index contributed by atoms with van der Waals surface area (Å²) in [4.78, 5) is 19.3. The van der Waals surface area contributed by atoms with Crippen LogP contribution in [0.15, 0.2) is 18.3 Å². The Morgan fingerprint density at radius 2 is 1.97 bits per heavy atom. The smallest absolute Gasteiger partial charge is 0.260 e. The van der Waals surface area contributed by atoms with E-state index in [4.69, 9.17) is 9.47 Å². The van der Waals surface area contributed by atoms with E-state index < -0.39 is 15.3 Å². The van der Waals surface area contributed by atoms with Crippen LogP contribution >= 0.6 is 0 Å². The normalized spacial score (nSPS) is 29.9. The van der Waals surface area contributed by atoms with Crippen molar-refractivity contribution in [3.8, 4) is 5.88 Å². The summed E-state index contributed by atoms with van der Waals surface area (Å²) in [5, 5.41) is -0.532. The Bertz CT molecular complexity index is 883. The predicted octanol–water partition coefficient (Wildman–Crippen LogP) is 2.20. The van der Waals surface area contributed by atoms with Gasteiger partial charge in [0, 0.05) is 24.3 Å². The van der Waals surface area contributed by atoms with Crippen molar-refractivity contribution in [1.29, 1.82) is 0 Å². The van der Waals surface area contributed by atoms with Crippen LogP contribution in [0.1, 0.15) is 63.9 Å². The number of sulfonamides is 1. The molecule has 2 fully saturated rings. The van der Waals surface area contributed by atoms with Crippen LogP contribution < -0.4 is 9.46 Å². The molecule has 0 radical (unpaired) electrons. The number of amides is 1. The average molecular weight is 452 g/mol. The van der Waals surface area contributed by atoms with Gasteiger partial charge in [-0.25, -0.2) is 18.1 Å². The van der Waals surface area contributed by atoms with Gasteiger partial charge in [-0.2, -0.15) is 0 Å². The quantitative estimate of drug-likeness (QED) is 0.757. The number of hydrogen-bond acceptors (Lipinski definition) is 6. The molecule has 1 aromatic rings. The summed E-state index contributed by atoms with van der Waals surface area (Å²) in [5.74, 6) is 0.725. The number of rotatable bonds is 3. The van der Waals surface area contributed by atoms with Crippen LogP contribution in [0.2, 0.25) is 0 Å². The molecule has 2 bridgehead atoms. The number of piperidine rings is 1. The molecule has 1 aliphatic carbocycles. The average Bonchev–Trinajstić information content (AvgIpc) is 2.77. The highest BCUT2D eigenvalue weighted by Crippen LogP contribution is 2.38. The molecule has 1 saturated heterocycles. The van der Waals surface area contributed by atoms with Crippen LogP contribution in [0.3, 0.4) is 0 Å². The lowest BCUT2D eigenvalue weighted by Crippen LogP contribution is -2.60. The Balaban J connectivity index is 1.60. The highest BCUT2D eigenvalue weighted by atomic mass is 32.2. The van der Waals surface area contributed by atoms with Crippen LogP contribution in [-0.4, -0.2) is 67.4 Å². The van der Waals surface area contributed by atoms with Crippen molar-refractivity contribution < 1.29 is 22.7 Å². The summed E-state index contributed by atoms with van der Waals surface area (Å²) in [6.07, 6.45) is 7.06. The number of aromatic nitrogens is 1. The van der Waals surface area contributed by atoms with E-state index in [0.717, 1.165) is 37.7 Å². The van der Waals surface area contributed by atoms with Gasteiger partial charge in [0.25, 0.3) is 5.91 Å². The predicted molar refractivity (Wildman–Crippen MR) is 116 cm³/mol. The Labute approximate surface area is 184 Å². The van der Waals surface area contributed by atoms with Gasteiger partial charge in [0.15, 0.2) is 6.61 Å². The molecule has 1 amide bonds. The molecular formula is C22H33N3O5S. The number of hydrogen-bond donors (Lipinski definition) is 1. The van der Waals surface area contributed by atoms with E-state index in [1.807, 2.05) is 12.1 Å². The molecule has 4 aliphatic rings. The van der Waals surface area contributed by atoms with E-state index in [1.54, 1.807) is 24.9 Å². The second kappa shape index (κ2) is 9.42. The third-order valence-electron chi connectivity index (χ3n) is 6.79. The SMILES string of the molecule is CC(C)S(=O)(=O)NC1CCCN2C(=O)COc3ncccc3C3CCC(CC3)OC[C@@H]12. The Hall–Kier alpha value is -1.71. The fraction of sp³-hybridized carbons (Fsp3) is 0.727. The maximum absolute atomic E-state index is 13.1.